The van der Waals surface area contributed by atoms with Crippen LogP contribution in [0.4, 0.5) is 0 Å². The standard InChI is InChI=1S/C6H3ClO.C5H10O2/c7-5-3-4-1-2-6(5)8-4;1-4(2)5(6)7-3/h1-3H;4H,1-3H3. The second kappa shape index (κ2) is 5.03. The van der Waals surface area contributed by atoms with Crippen LogP contribution < -0.4 is 0 Å². The van der Waals surface area contributed by atoms with Crippen LogP contribution >= 0.6 is 11.6 Å². The van der Waals surface area contributed by atoms with Gasteiger partial charge in [0.2, 0.25) is 0 Å². The van der Waals surface area contributed by atoms with Crippen LogP contribution in [0.3, 0.4) is 0 Å². The van der Waals surface area contributed by atoms with Gasteiger partial charge in [0.1, 0.15) is 11.2 Å². The van der Waals surface area contributed by atoms with E-state index >= 15 is 0 Å². The van der Waals surface area contributed by atoms with Crippen molar-refractivity contribution >= 4 is 28.7 Å². The Morgan fingerprint density at radius 2 is 2.13 bits per heavy atom. The number of esters is 1. The molecular formula is C11H13ClO3. The third kappa shape index (κ3) is 3.13. The van der Waals surface area contributed by atoms with Gasteiger partial charge in [-0.05, 0) is 12.1 Å². The Morgan fingerprint density at radius 1 is 1.47 bits per heavy atom. The van der Waals surface area contributed by atoms with Crippen LogP contribution in [-0.4, -0.2) is 13.1 Å². The fourth-order valence-electron chi connectivity index (χ4n) is 0.990. The van der Waals surface area contributed by atoms with Crippen molar-refractivity contribution in [1.29, 1.82) is 0 Å². The summed E-state index contributed by atoms with van der Waals surface area (Å²) >= 11 is 5.64. The van der Waals surface area contributed by atoms with E-state index < -0.39 is 0 Å². The van der Waals surface area contributed by atoms with Gasteiger partial charge in [0.25, 0.3) is 0 Å². The lowest BCUT2D eigenvalue weighted by atomic mass is 10.2. The summed E-state index contributed by atoms with van der Waals surface area (Å²) in [4.78, 5) is 10.3. The van der Waals surface area contributed by atoms with Crippen molar-refractivity contribution in [2.45, 2.75) is 13.8 Å². The molecule has 82 valence electrons. The molecule has 2 heterocycles. The fourth-order valence-corrected chi connectivity index (χ4v) is 1.20. The number of benzene rings is 1. The van der Waals surface area contributed by atoms with Crippen LogP contribution in [0.5, 0.6) is 0 Å². The SMILES string of the molecule is COC(=O)C(C)C.Clc1cc2ccc1o2. The van der Waals surface area contributed by atoms with Crippen molar-refractivity contribution < 1.29 is 13.9 Å². The smallest absolute Gasteiger partial charge is 0.308 e. The summed E-state index contributed by atoms with van der Waals surface area (Å²) < 4.78 is 9.45. The molecule has 0 fully saturated rings. The molecule has 0 amide bonds. The third-order valence-corrected chi connectivity index (χ3v) is 2.10. The van der Waals surface area contributed by atoms with Crippen molar-refractivity contribution in [3.63, 3.8) is 0 Å². The Labute approximate surface area is 93.3 Å². The minimum Gasteiger partial charge on any atom is -0.469 e. The van der Waals surface area contributed by atoms with Gasteiger partial charge in [-0.3, -0.25) is 4.79 Å². The number of ether oxygens (including phenoxy) is 1. The van der Waals surface area contributed by atoms with Gasteiger partial charge in [0.05, 0.1) is 18.1 Å². The highest BCUT2D eigenvalue weighted by molar-refractivity contribution is 6.34. The highest BCUT2D eigenvalue weighted by Gasteiger charge is 2.03. The van der Waals surface area contributed by atoms with E-state index in [1.807, 2.05) is 12.1 Å². The molecule has 0 aliphatic heterocycles. The van der Waals surface area contributed by atoms with E-state index in [1.54, 1.807) is 19.9 Å². The first-order valence-corrected chi connectivity index (χ1v) is 4.97. The Bertz CT molecular complexity index is 419. The number of carbonyl (C=O) groups excluding carboxylic acids is 1. The third-order valence-electron chi connectivity index (χ3n) is 1.80. The van der Waals surface area contributed by atoms with E-state index in [0.29, 0.717) is 5.02 Å². The van der Waals surface area contributed by atoms with Gasteiger partial charge in [-0.1, -0.05) is 25.4 Å². The molecule has 4 heteroatoms. The average molecular weight is 229 g/mol. The minimum absolute atomic E-state index is 0.00463. The molecule has 15 heavy (non-hydrogen) atoms. The molecule has 0 saturated carbocycles. The lowest BCUT2D eigenvalue weighted by Gasteiger charge is -1.97. The van der Waals surface area contributed by atoms with Crippen molar-refractivity contribution in [3.8, 4) is 0 Å². The molecule has 2 aromatic rings. The zero-order valence-corrected chi connectivity index (χ0v) is 9.67. The predicted molar refractivity (Wildman–Crippen MR) is 59.3 cm³/mol. The summed E-state index contributed by atoms with van der Waals surface area (Å²) in [5.74, 6) is -0.148. The van der Waals surface area contributed by atoms with Gasteiger partial charge in [-0.25, -0.2) is 0 Å². The maximum atomic E-state index is 10.3. The Kier molecular flexibility index (Phi) is 3.97. The van der Waals surface area contributed by atoms with Gasteiger partial charge in [-0.15, -0.1) is 0 Å². The number of carbonyl (C=O) groups is 1. The molecule has 2 aromatic heterocycles. The summed E-state index contributed by atoms with van der Waals surface area (Å²) in [6.07, 6.45) is 0. The molecule has 3 nitrogen and oxygen atoms in total. The second-order valence-corrected chi connectivity index (χ2v) is 3.78. The lowest BCUT2D eigenvalue weighted by molar-refractivity contribution is -0.144. The van der Waals surface area contributed by atoms with E-state index in [-0.39, 0.29) is 11.9 Å². The summed E-state index contributed by atoms with van der Waals surface area (Å²) in [6.45, 7) is 3.59. The van der Waals surface area contributed by atoms with E-state index in [4.69, 9.17) is 16.0 Å². The first-order chi connectivity index (χ1) is 7.04. The van der Waals surface area contributed by atoms with Crippen molar-refractivity contribution in [2.24, 2.45) is 5.92 Å². The maximum Gasteiger partial charge on any atom is 0.308 e. The number of fused-ring (bicyclic) bond motifs is 2. The molecule has 2 rings (SSSR count). The Balaban J connectivity index is 0.000000153. The van der Waals surface area contributed by atoms with E-state index in [0.717, 1.165) is 11.2 Å². The van der Waals surface area contributed by atoms with E-state index in [1.165, 1.54) is 7.11 Å². The molecule has 0 N–H and O–H groups in total. The van der Waals surface area contributed by atoms with Crippen molar-refractivity contribution in [3.05, 3.63) is 23.2 Å². The fraction of sp³-hybridized carbons (Fsp3) is 0.364. The molecule has 0 aliphatic rings. The summed E-state index contributed by atoms with van der Waals surface area (Å²) in [5.41, 5.74) is 1.63. The van der Waals surface area contributed by atoms with Crippen LogP contribution in [-0.2, 0) is 9.53 Å². The van der Waals surface area contributed by atoms with E-state index in [9.17, 15) is 4.79 Å². The minimum atomic E-state index is -0.153. The van der Waals surface area contributed by atoms with Crippen LogP contribution in [0, 0.1) is 5.92 Å². The maximum absolute atomic E-state index is 10.3. The zero-order chi connectivity index (χ0) is 11.4. The van der Waals surface area contributed by atoms with E-state index in [2.05, 4.69) is 4.74 Å². The lowest BCUT2D eigenvalue weighted by Crippen LogP contribution is -2.07. The van der Waals surface area contributed by atoms with Crippen LogP contribution in [0.15, 0.2) is 22.6 Å². The molecule has 0 aromatic carbocycles. The molecule has 0 spiro atoms. The average Bonchev–Trinajstić information content (AvgIpc) is 2.78. The summed E-state index contributed by atoms with van der Waals surface area (Å²) in [7, 11) is 1.39. The molecule has 0 unspecified atom stereocenters. The normalized spacial score (nSPS) is 10.2. The number of halogens is 1. The predicted octanol–water partition coefficient (Wildman–Crippen LogP) is 3.34. The van der Waals surface area contributed by atoms with Crippen LogP contribution in [0.2, 0.25) is 5.02 Å². The quantitative estimate of drug-likeness (QED) is 0.703. The first-order valence-electron chi connectivity index (χ1n) is 4.60. The highest BCUT2D eigenvalue weighted by atomic mass is 35.5. The molecule has 0 saturated heterocycles. The molecule has 0 radical (unpaired) electrons. The highest BCUT2D eigenvalue weighted by Crippen LogP contribution is 2.25. The van der Waals surface area contributed by atoms with Gasteiger partial charge < -0.3 is 9.15 Å². The van der Waals surface area contributed by atoms with Gasteiger partial charge in [0.15, 0.2) is 0 Å². The Morgan fingerprint density at radius 3 is 2.27 bits per heavy atom. The van der Waals surface area contributed by atoms with Crippen LogP contribution in [0.25, 0.3) is 11.2 Å². The number of furan rings is 2. The van der Waals surface area contributed by atoms with Gasteiger partial charge in [-0.2, -0.15) is 0 Å². The number of methoxy groups -OCH3 is 1. The summed E-state index contributed by atoms with van der Waals surface area (Å²) in [5, 5.41) is 0.711. The second-order valence-electron chi connectivity index (χ2n) is 3.37. The summed E-state index contributed by atoms with van der Waals surface area (Å²) in [6, 6.07) is 5.55. The molecule has 2 bridgehead atoms. The molecule has 0 aliphatic carbocycles. The van der Waals surface area contributed by atoms with Crippen LogP contribution in [0.1, 0.15) is 13.8 Å². The number of rotatable bonds is 1. The molecule has 0 atom stereocenters. The first kappa shape index (κ1) is 11.9. The molecular weight excluding hydrogens is 216 g/mol. The topological polar surface area (TPSA) is 39.4 Å². The zero-order valence-electron chi connectivity index (χ0n) is 8.91. The van der Waals surface area contributed by atoms with Gasteiger partial charge >= 0.3 is 5.97 Å². The number of hydrogen-bond acceptors (Lipinski definition) is 3. The van der Waals surface area contributed by atoms with Crippen molar-refractivity contribution in [2.75, 3.05) is 7.11 Å². The monoisotopic (exact) mass is 228 g/mol. The number of hydrogen-bond donors (Lipinski definition) is 0. The van der Waals surface area contributed by atoms with Crippen molar-refractivity contribution in [1.82, 2.24) is 0 Å². The van der Waals surface area contributed by atoms with Gasteiger partial charge in [0, 0.05) is 6.07 Å². The Hall–Kier alpha value is -1.22. The largest absolute Gasteiger partial charge is 0.469 e.